The van der Waals surface area contributed by atoms with E-state index in [1.807, 2.05) is 0 Å². The molecule has 1 aromatic heterocycles. The summed E-state index contributed by atoms with van der Waals surface area (Å²) in [5, 5.41) is 2.71. The Morgan fingerprint density at radius 1 is 1.08 bits per heavy atom. The summed E-state index contributed by atoms with van der Waals surface area (Å²) >= 11 is 0. The molecule has 0 N–H and O–H groups in total. The molecule has 2 aromatic rings. The zero-order valence-corrected chi connectivity index (χ0v) is 7.46. The van der Waals surface area contributed by atoms with Crippen LogP contribution in [0.25, 0.3) is 10.8 Å². The molecule has 12 heavy (non-hydrogen) atoms. The Bertz CT molecular complexity index is 418. The fraction of sp³-hybridized carbons (Fsp3) is 0.182. The number of benzene rings is 1. The van der Waals surface area contributed by atoms with Gasteiger partial charge in [-0.2, -0.15) is 0 Å². The standard InChI is InChI=1S/C11H11B/c1-8-7-10-5-3-4-6-11(10)9(2)12-8/h3-7H,1-2H3. The van der Waals surface area contributed by atoms with Crippen LogP contribution < -0.4 is 0 Å². The summed E-state index contributed by atoms with van der Waals surface area (Å²) in [6.45, 7) is 6.52. The van der Waals surface area contributed by atoms with Crippen LogP contribution in [0.5, 0.6) is 0 Å². The van der Waals surface area contributed by atoms with Crippen molar-refractivity contribution in [3.8, 4) is 0 Å². The second kappa shape index (κ2) is 2.74. The molecule has 0 atom stereocenters. The Morgan fingerprint density at radius 2 is 1.83 bits per heavy atom. The van der Waals surface area contributed by atoms with Gasteiger partial charge in [-0.15, -0.1) is 0 Å². The van der Waals surface area contributed by atoms with Crippen molar-refractivity contribution in [3.63, 3.8) is 0 Å². The van der Waals surface area contributed by atoms with E-state index in [9.17, 15) is 0 Å². The minimum atomic E-state index is 1.34. The van der Waals surface area contributed by atoms with Crippen molar-refractivity contribution >= 4 is 17.7 Å². The molecule has 0 spiro atoms. The molecule has 0 aliphatic carbocycles. The van der Waals surface area contributed by atoms with Crippen LogP contribution >= 0.6 is 0 Å². The van der Waals surface area contributed by atoms with E-state index in [-0.39, 0.29) is 0 Å². The third-order valence-corrected chi connectivity index (χ3v) is 2.21. The molecule has 0 nitrogen and oxygen atoms in total. The van der Waals surface area contributed by atoms with Crippen molar-refractivity contribution < 1.29 is 0 Å². The van der Waals surface area contributed by atoms with Crippen LogP contribution in [0.4, 0.5) is 0 Å². The van der Waals surface area contributed by atoms with E-state index in [1.54, 1.807) is 0 Å². The van der Waals surface area contributed by atoms with Crippen molar-refractivity contribution in [2.75, 3.05) is 0 Å². The van der Waals surface area contributed by atoms with Gasteiger partial charge in [-0.25, -0.2) is 0 Å². The number of hydrogen-bond donors (Lipinski definition) is 0. The molecule has 0 unspecified atom stereocenters. The Balaban J connectivity index is 2.89. The van der Waals surface area contributed by atoms with Gasteiger partial charge in [0.05, 0.1) is 0 Å². The molecule has 0 saturated carbocycles. The van der Waals surface area contributed by atoms with Gasteiger partial charge >= 0.3 is 72.8 Å². The van der Waals surface area contributed by atoms with Gasteiger partial charge in [0.15, 0.2) is 0 Å². The van der Waals surface area contributed by atoms with Crippen LogP contribution in [0.15, 0.2) is 30.3 Å². The average Bonchev–Trinajstić information content (AvgIpc) is 2.04. The fourth-order valence-corrected chi connectivity index (χ4v) is 1.69. The van der Waals surface area contributed by atoms with E-state index in [2.05, 4.69) is 51.1 Å². The SMILES string of the molecule is Cc1bc(C)c2ccccc2c1. The van der Waals surface area contributed by atoms with Crippen LogP contribution in [0.2, 0.25) is 0 Å². The van der Waals surface area contributed by atoms with Crippen LogP contribution in [-0.2, 0) is 0 Å². The molecule has 0 radical (unpaired) electrons. The third kappa shape index (κ3) is 1.16. The fourth-order valence-electron chi connectivity index (χ4n) is 1.69. The maximum atomic E-state index is 2.22. The molecule has 0 saturated heterocycles. The first kappa shape index (κ1) is 7.54. The molecular weight excluding hydrogens is 143 g/mol. The van der Waals surface area contributed by atoms with Crippen molar-refractivity contribution in [1.29, 1.82) is 0 Å². The van der Waals surface area contributed by atoms with E-state index in [0.29, 0.717) is 0 Å². The predicted octanol–water partition coefficient (Wildman–Crippen LogP) is 2.79. The van der Waals surface area contributed by atoms with Gasteiger partial charge in [-0.05, 0) is 0 Å². The molecule has 1 heteroatoms. The topological polar surface area (TPSA) is 0 Å². The van der Waals surface area contributed by atoms with Gasteiger partial charge in [0.1, 0.15) is 0 Å². The van der Waals surface area contributed by atoms with Gasteiger partial charge in [-0.1, -0.05) is 0 Å². The second-order valence-corrected chi connectivity index (χ2v) is 3.30. The summed E-state index contributed by atoms with van der Waals surface area (Å²) in [5.74, 6) is 0. The Hall–Kier alpha value is -1.11. The number of rotatable bonds is 0. The number of hydrogen-bond acceptors (Lipinski definition) is 0. The van der Waals surface area contributed by atoms with Crippen molar-refractivity contribution in [1.82, 2.24) is 0 Å². The number of fused-ring (bicyclic) bond motifs is 1. The Labute approximate surface area is 73.4 Å². The van der Waals surface area contributed by atoms with Crippen molar-refractivity contribution in [2.45, 2.75) is 13.8 Å². The summed E-state index contributed by atoms with van der Waals surface area (Å²) in [6.07, 6.45) is 0. The molecule has 1 heterocycles. The first-order valence-corrected chi connectivity index (χ1v) is 4.23. The van der Waals surface area contributed by atoms with Gasteiger partial charge in [0.2, 0.25) is 0 Å². The molecule has 0 aliphatic rings. The molecule has 0 fully saturated rings. The van der Waals surface area contributed by atoms with E-state index in [4.69, 9.17) is 0 Å². The van der Waals surface area contributed by atoms with E-state index in [0.717, 1.165) is 0 Å². The summed E-state index contributed by atoms with van der Waals surface area (Å²) in [4.78, 5) is 0. The first-order valence-electron chi connectivity index (χ1n) is 4.23. The average molecular weight is 154 g/mol. The Kier molecular flexibility index (Phi) is 1.72. The van der Waals surface area contributed by atoms with Crippen molar-refractivity contribution in [2.24, 2.45) is 0 Å². The zero-order chi connectivity index (χ0) is 8.55. The monoisotopic (exact) mass is 154 g/mol. The number of aryl methyl sites for hydroxylation is 2. The molecule has 0 aliphatic heterocycles. The molecule has 0 amide bonds. The third-order valence-electron chi connectivity index (χ3n) is 2.21. The quantitative estimate of drug-likeness (QED) is 0.547. The minimum absolute atomic E-state index is 1.34. The van der Waals surface area contributed by atoms with Gasteiger partial charge in [0, 0.05) is 0 Å². The predicted molar refractivity (Wildman–Crippen MR) is 54.8 cm³/mol. The Morgan fingerprint density at radius 3 is 2.67 bits per heavy atom. The van der Waals surface area contributed by atoms with Gasteiger partial charge in [0.25, 0.3) is 0 Å². The molecule has 0 bridgehead atoms. The summed E-state index contributed by atoms with van der Waals surface area (Å²) in [5.41, 5.74) is 2.71. The van der Waals surface area contributed by atoms with Crippen LogP contribution in [0.3, 0.4) is 0 Å². The summed E-state index contributed by atoms with van der Waals surface area (Å²) in [6, 6.07) is 10.7. The zero-order valence-electron chi connectivity index (χ0n) is 7.46. The van der Waals surface area contributed by atoms with Crippen LogP contribution in [0.1, 0.15) is 10.9 Å². The molecule has 58 valence electrons. The van der Waals surface area contributed by atoms with Crippen LogP contribution in [-0.4, -0.2) is 6.91 Å². The van der Waals surface area contributed by atoms with Gasteiger partial charge < -0.3 is 0 Å². The normalized spacial score (nSPS) is 10.2. The van der Waals surface area contributed by atoms with Crippen molar-refractivity contribution in [3.05, 3.63) is 41.2 Å². The molecular formula is C11H11B. The van der Waals surface area contributed by atoms with E-state index >= 15 is 0 Å². The maximum absolute atomic E-state index is 2.22. The van der Waals surface area contributed by atoms with Gasteiger partial charge in [-0.3, -0.25) is 0 Å². The summed E-state index contributed by atoms with van der Waals surface area (Å²) in [7, 11) is 0. The first-order chi connectivity index (χ1) is 5.77. The second-order valence-electron chi connectivity index (χ2n) is 3.30. The van der Waals surface area contributed by atoms with E-state index in [1.165, 1.54) is 21.7 Å². The van der Waals surface area contributed by atoms with E-state index < -0.39 is 0 Å². The molecule has 1 aromatic carbocycles. The summed E-state index contributed by atoms with van der Waals surface area (Å²) < 4.78 is 0. The van der Waals surface area contributed by atoms with Crippen LogP contribution in [0, 0.1) is 13.8 Å². The molecule has 2 rings (SSSR count).